The van der Waals surface area contributed by atoms with Crippen LogP contribution in [0.4, 0.5) is 5.95 Å². The summed E-state index contributed by atoms with van der Waals surface area (Å²) in [5.41, 5.74) is 0.902. The van der Waals surface area contributed by atoms with Crippen molar-refractivity contribution >= 4 is 11.9 Å². The summed E-state index contributed by atoms with van der Waals surface area (Å²) in [6.45, 7) is 6.05. The Morgan fingerprint density at radius 1 is 1.30 bits per heavy atom. The number of aliphatic carboxylic acids is 1. The number of aromatic nitrogens is 2. The first-order chi connectivity index (χ1) is 9.43. The first-order valence-corrected chi connectivity index (χ1v) is 7.30. The third-order valence-corrected chi connectivity index (χ3v) is 3.93. The molecule has 1 saturated carbocycles. The minimum atomic E-state index is -0.902. The minimum Gasteiger partial charge on any atom is -0.480 e. The molecule has 1 fully saturated rings. The molecule has 1 aromatic heterocycles. The summed E-state index contributed by atoms with van der Waals surface area (Å²) in [6, 6.07) is 1.95. The molecule has 0 unspecified atom stereocenters. The van der Waals surface area contributed by atoms with Gasteiger partial charge in [0, 0.05) is 11.4 Å². The molecule has 1 aliphatic carbocycles. The Morgan fingerprint density at radius 3 is 2.50 bits per heavy atom. The highest BCUT2D eigenvalue weighted by atomic mass is 16.4. The fourth-order valence-electron chi connectivity index (χ4n) is 2.71. The van der Waals surface area contributed by atoms with Gasteiger partial charge in [-0.25, -0.2) is 14.8 Å². The molecule has 0 spiro atoms. The predicted octanol–water partition coefficient (Wildman–Crippen LogP) is 3.11. The van der Waals surface area contributed by atoms with Gasteiger partial charge in [0.1, 0.15) is 5.54 Å². The normalized spacial score (nSPS) is 18.0. The smallest absolute Gasteiger partial charge is 0.329 e. The van der Waals surface area contributed by atoms with Crippen molar-refractivity contribution in [2.75, 3.05) is 5.32 Å². The topological polar surface area (TPSA) is 75.1 Å². The fraction of sp³-hybridized carbons (Fsp3) is 0.667. The van der Waals surface area contributed by atoms with Gasteiger partial charge >= 0.3 is 5.97 Å². The van der Waals surface area contributed by atoms with Gasteiger partial charge in [-0.3, -0.25) is 0 Å². The zero-order valence-corrected chi connectivity index (χ0v) is 12.4. The van der Waals surface area contributed by atoms with E-state index in [1.807, 2.05) is 13.0 Å². The van der Waals surface area contributed by atoms with Crippen molar-refractivity contribution in [2.45, 2.75) is 64.3 Å². The third-order valence-electron chi connectivity index (χ3n) is 3.93. The zero-order valence-electron chi connectivity index (χ0n) is 12.4. The summed E-state index contributed by atoms with van der Waals surface area (Å²) in [4.78, 5) is 20.5. The van der Waals surface area contributed by atoms with Gasteiger partial charge in [-0.2, -0.15) is 0 Å². The van der Waals surface area contributed by atoms with Crippen molar-refractivity contribution in [3.63, 3.8) is 0 Å². The van der Waals surface area contributed by atoms with Crippen LogP contribution in [0.5, 0.6) is 0 Å². The van der Waals surface area contributed by atoms with Crippen molar-refractivity contribution in [3.05, 3.63) is 17.5 Å². The van der Waals surface area contributed by atoms with Crippen molar-refractivity contribution in [1.29, 1.82) is 0 Å². The standard InChI is InChI=1S/C15H23N3O2/c1-10(2)12-9-11(3)16-14(17-12)18-15(13(19)20)7-5-4-6-8-15/h9-10H,4-8H2,1-3H3,(H,19,20)(H,16,17,18). The molecule has 0 radical (unpaired) electrons. The molecule has 2 N–H and O–H groups in total. The van der Waals surface area contributed by atoms with Crippen LogP contribution in [0, 0.1) is 6.92 Å². The van der Waals surface area contributed by atoms with Crippen LogP contribution in [0.25, 0.3) is 0 Å². The summed E-state index contributed by atoms with van der Waals surface area (Å²) in [5.74, 6) is -0.0595. The average Bonchev–Trinajstić information content (AvgIpc) is 2.38. The van der Waals surface area contributed by atoms with Crippen LogP contribution in [0.15, 0.2) is 6.07 Å². The van der Waals surface area contributed by atoms with Crippen molar-refractivity contribution in [2.24, 2.45) is 0 Å². The monoisotopic (exact) mass is 277 g/mol. The SMILES string of the molecule is Cc1cc(C(C)C)nc(NC2(C(=O)O)CCCCC2)n1. The van der Waals surface area contributed by atoms with Crippen LogP contribution < -0.4 is 5.32 Å². The molecule has 0 saturated heterocycles. The molecule has 0 atom stereocenters. The second-order valence-corrected chi connectivity index (χ2v) is 5.99. The Kier molecular flexibility index (Phi) is 4.26. The highest BCUT2D eigenvalue weighted by molar-refractivity contribution is 5.82. The lowest BCUT2D eigenvalue weighted by molar-refractivity contribution is -0.143. The van der Waals surface area contributed by atoms with Crippen LogP contribution in [0.1, 0.15) is 63.3 Å². The number of hydrogen-bond donors (Lipinski definition) is 2. The fourth-order valence-corrected chi connectivity index (χ4v) is 2.71. The van der Waals surface area contributed by atoms with Gasteiger partial charge in [0.15, 0.2) is 0 Å². The maximum absolute atomic E-state index is 11.7. The van der Waals surface area contributed by atoms with Gasteiger partial charge in [0.25, 0.3) is 0 Å². The summed E-state index contributed by atoms with van der Waals surface area (Å²) in [6.07, 6.45) is 4.24. The maximum Gasteiger partial charge on any atom is 0.329 e. The van der Waals surface area contributed by atoms with Gasteiger partial charge in [-0.05, 0) is 31.7 Å². The van der Waals surface area contributed by atoms with Crippen LogP contribution >= 0.6 is 0 Å². The van der Waals surface area contributed by atoms with E-state index < -0.39 is 11.5 Å². The predicted molar refractivity (Wildman–Crippen MR) is 77.9 cm³/mol. The Labute approximate surface area is 119 Å². The van der Waals surface area contributed by atoms with Crippen LogP contribution in [-0.4, -0.2) is 26.6 Å². The lowest BCUT2D eigenvalue weighted by Crippen LogP contribution is -2.48. The zero-order chi connectivity index (χ0) is 14.8. The van der Waals surface area contributed by atoms with Crippen LogP contribution in [0.3, 0.4) is 0 Å². The van der Waals surface area contributed by atoms with Crippen molar-refractivity contribution in [1.82, 2.24) is 9.97 Å². The molecular weight excluding hydrogens is 254 g/mol. The third kappa shape index (κ3) is 3.08. The molecule has 0 aromatic carbocycles. The first-order valence-electron chi connectivity index (χ1n) is 7.30. The Hall–Kier alpha value is -1.65. The average molecular weight is 277 g/mol. The Balaban J connectivity index is 2.29. The van der Waals surface area contributed by atoms with E-state index in [2.05, 4.69) is 29.1 Å². The molecule has 1 aliphatic rings. The highest BCUT2D eigenvalue weighted by Crippen LogP contribution is 2.31. The largest absolute Gasteiger partial charge is 0.480 e. The summed E-state index contributed by atoms with van der Waals surface area (Å²) < 4.78 is 0. The molecule has 2 rings (SSSR count). The van der Waals surface area contributed by atoms with E-state index >= 15 is 0 Å². The number of nitrogens with zero attached hydrogens (tertiary/aromatic N) is 2. The van der Waals surface area contributed by atoms with Crippen LogP contribution in [0.2, 0.25) is 0 Å². The van der Waals surface area contributed by atoms with E-state index in [4.69, 9.17) is 0 Å². The van der Waals surface area contributed by atoms with Gasteiger partial charge in [-0.1, -0.05) is 33.1 Å². The van der Waals surface area contributed by atoms with E-state index in [-0.39, 0.29) is 0 Å². The second kappa shape index (κ2) is 5.77. The molecule has 20 heavy (non-hydrogen) atoms. The molecule has 0 aliphatic heterocycles. The number of carboxylic acids is 1. The molecule has 5 heteroatoms. The molecule has 110 valence electrons. The van der Waals surface area contributed by atoms with Crippen molar-refractivity contribution in [3.8, 4) is 0 Å². The first kappa shape index (κ1) is 14.8. The number of carbonyl (C=O) groups is 1. The van der Waals surface area contributed by atoms with Crippen LogP contribution in [-0.2, 0) is 4.79 Å². The molecule has 5 nitrogen and oxygen atoms in total. The molecular formula is C15H23N3O2. The number of aryl methyl sites for hydroxylation is 1. The lowest BCUT2D eigenvalue weighted by Gasteiger charge is -2.34. The molecule has 1 aromatic rings. The number of nitrogens with one attached hydrogen (secondary N) is 1. The quantitative estimate of drug-likeness (QED) is 0.884. The lowest BCUT2D eigenvalue weighted by atomic mass is 9.82. The van der Waals surface area contributed by atoms with E-state index in [0.717, 1.165) is 30.7 Å². The molecule has 0 amide bonds. The molecule has 0 bridgehead atoms. The van der Waals surface area contributed by atoms with Gasteiger partial charge in [0.2, 0.25) is 5.95 Å². The minimum absolute atomic E-state index is 0.296. The molecule has 1 heterocycles. The van der Waals surface area contributed by atoms with Crippen molar-refractivity contribution < 1.29 is 9.90 Å². The Morgan fingerprint density at radius 2 is 1.95 bits per heavy atom. The van der Waals surface area contributed by atoms with E-state index in [1.165, 1.54) is 0 Å². The van der Waals surface area contributed by atoms with Gasteiger partial charge < -0.3 is 10.4 Å². The number of hydrogen-bond acceptors (Lipinski definition) is 4. The summed E-state index contributed by atoms with van der Waals surface area (Å²) >= 11 is 0. The van der Waals surface area contributed by atoms with Gasteiger partial charge in [0.05, 0.1) is 0 Å². The maximum atomic E-state index is 11.7. The summed E-state index contributed by atoms with van der Waals surface area (Å²) in [7, 11) is 0. The van der Waals surface area contributed by atoms with E-state index in [0.29, 0.717) is 24.7 Å². The van der Waals surface area contributed by atoms with E-state index in [1.54, 1.807) is 0 Å². The highest BCUT2D eigenvalue weighted by Gasteiger charge is 2.40. The summed E-state index contributed by atoms with van der Waals surface area (Å²) in [5, 5.41) is 12.7. The van der Waals surface area contributed by atoms with Gasteiger partial charge in [-0.15, -0.1) is 0 Å². The Bertz CT molecular complexity index is 494. The number of carboxylic acid groups (broad SMARTS) is 1. The van der Waals surface area contributed by atoms with E-state index in [9.17, 15) is 9.90 Å². The second-order valence-electron chi connectivity index (χ2n) is 5.99. The number of anilines is 1. The number of rotatable bonds is 4.